The zero-order valence-electron chi connectivity index (χ0n) is 12.0. The first-order chi connectivity index (χ1) is 9.31. The Morgan fingerprint density at radius 2 is 1.65 bits per heavy atom. The van der Waals surface area contributed by atoms with Crippen molar-refractivity contribution < 1.29 is 18.0 Å². The summed E-state index contributed by atoms with van der Waals surface area (Å²) in [4.78, 5) is 11.8. The summed E-state index contributed by atoms with van der Waals surface area (Å²) in [6.45, 7) is 6.06. The Morgan fingerprint density at radius 1 is 1.10 bits per heavy atom. The van der Waals surface area contributed by atoms with E-state index in [1.807, 2.05) is 6.92 Å². The summed E-state index contributed by atoms with van der Waals surface area (Å²) in [5, 5.41) is 2.65. The summed E-state index contributed by atoms with van der Waals surface area (Å²) in [6.07, 6.45) is 2.81. The molecule has 0 aliphatic heterocycles. The lowest BCUT2D eigenvalue weighted by molar-refractivity contribution is 0.0936. The van der Waals surface area contributed by atoms with E-state index in [9.17, 15) is 18.0 Å². The molecule has 20 heavy (non-hydrogen) atoms. The highest BCUT2D eigenvalue weighted by molar-refractivity contribution is 5.94. The molecule has 0 aliphatic carbocycles. The second kappa shape index (κ2) is 7.31. The number of rotatable bonds is 6. The Kier molecular flexibility index (Phi) is 6.05. The minimum absolute atomic E-state index is 0.0996. The van der Waals surface area contributed by atoms with Crippen LogP contribution >= 0.6 is 0 Å². The smallest absolute Gasteiger partial charge is 0.251 e. The molecule has 1 atom stereocenters. The van der Waals surface area contributed by atoms with E-state index in [4.69, 9.17) is 0 Å². The van der Waals surface area contributed by atoms with Gasteiger partial charge in [0.15, 0.2) is 17.5 Å². The lowest BCUT2D eigenvalue weighted by Gasteiger charge is -2.14. The van der Waals surface area contributed by atoms with Gasteiger partial charge in [0.1, 0.15) is 0 Å². The second-order valence-electron chi connectivity index (χ2n) is 5.45. The number of halogens is 3. The SMILES string of the molecule is CC(C)CCCC(C)NC(=O)c1cc(F)c(F)c(F)c1. The van der Waals surface area contributed by atoms with Crippen molar-refractivity contribution in [1.29, 1.82) is 0 Å². The van der Waals surface area contributed by atoms with Gasteiger partial charge in [-0.15, -0.1) is 0 Å². The third-order valence-corrected chi connectivity index (χ3v) is 3.04. The van der Waals surface area contributed by atoms with Crippen molar-refractivity contribution in [1.82, 2.24) is 5.32 Å². The molecule has 5 heteroatoms. The first-order valence-corrected chi connectivity index (χ1v) is 6.76. The molecule has 0 radical (unpaired) electrons. The van der Waals surface area contributed by atoms with E-state index in [0.29, 0.717) is 18.1 Å². The first-order valence-electron chi connectivity index (χ1n) is 6.76. The van der Waals surface area contributed by atoms with Crippen molar-refractivity contribution in [2.45, 2.75) is 46.1 Å². The monoisotopic (exact) mass is 287 g/mol. The molecule has 1 unspecified atom stereocenters. The predicted molar refractivity (Wildman–Crippen MR) is 71.9 cm³/mol. The first kappa shape index (κ1) is 16.5. The highest BCUT2D eigenvalue weighted by atomic mass is 19.2. The zero-order valence-corrected chi connectivity index (χ0v) is 12.0. The lowest BCUT2D eigenvalue weighted by Crippen LogP contribution is -2.32. The molecule has 1 rings (SSSR count). The van der Waals surface area contributed by atoms with Crippen molar-refractivity contribution in [3.8, 4) is 0 Å². The molecule has 0 spiro atoms. The molecule has 0 aliphatic rings. The molecule has 0 bridgehead atoms. The molecule has 1 aromatic rings. The summed E-state index contributed by atoms with van der Waals surface area (Å²) < 4.78 is 38.9. The van der Waals surface area contributed by atoms with Gasteiger partial charge in [0.05, 0.1) is 0 Å². The largest absolute Gasteiger partial charge is 0.350 e. The van der Waals surface area contributed by atoms with Gasteiger partial charge in [0, 0.05) is 11.6 Å². The average molecular weight is 287 g/mol. The van der Waals surface area contributed by atoms with Crippen LogP contribution in [0.2, 0.25) is 0 Å². The van der Waals surface area contributed by atoms with Crippen molar-refractivity contribution in [2.75, 3.05) is 0 Å². The molecule has 0 saturated carbocycles. The van der Waals surface area contributed by atoms with Gasteiger partial charge in [-0.05, 0) is 31.4 Å². The van der Waals surface area contributed by atoms with Crippen LogP contribution in [0.5, 0.6) is 0 Å². The van der Waals surface area contributed by atoms with Crippen LogP contribution in [0.4, 0.5) is 13.2 Å². The van der Waals surface area contributed by atoms with Crippen LogP contribution < -0.4 is 5.32 Å². The molecule has 1 N–H and O–H groups in total. The van der Waals surface area contributed by atoms with E-state index in [2.05, 4.69) is 19.2 Å². The van der Waals surface area contributed by atoms with Crippen LogP contribution in [0.15, 0.2) is 12.1 Å². The van der Waals surface area contributed by atoms with Crippen molar-refractivity contribution in [2.24, 2.45) is 5.92 Å². The lowest BCUT2D eigenvalue weighted by atomic mass is 10.0. The number of carbonyl (C=O) groups is 1. The third kappa shape index (κ3) is 4.87. The Hall–Kier alpha value is -1.52. The molecule has 0 heterocycles. The Bertz CT molecular complexity index is 451. The molecule has 2 nitrogen and oxygen atoms in total. The Morgan fingerprint density at radius 3 is 2.15 bits per heavy atom. The van der Waals surface area contributed by atoms with Gasteiger partial charge in [0.25, 0.3) is 5.91 Å². The molecule has 1 aromatic carbocycles. The number of hydrogen-bond donors (Lipinski definition) is 1. The van der Waals surface area contributed by atoms with Crippen LogP contribution in [0, 0.1) is 23.4 Å². The number of nitrogens with one attached hydrogen (secondary N) is 1. The Labute approximate surface area is 117 Å². The number of hydrogen-bond acceptors (Lipinski definition) is 1. The summed E-state index contributed by atoms with van der Waals surface area (Å²) in [5.41, 5.74) is -0.211. The quantitative estimate of drug-likeness (QED) is 0.786. The van der Waals surface area contributed by atoms with Crippen LogP contribution in [0.25, 0.3) is 0 Å². The maximum absolute atomic E-state index is 13.0. The molecule has 1 amide bonds. The number of amides is 1. The maximum atomic E-state index is 13.0. The van der Waals surface area contributed by atoms with Crippen LogP contribution in [0.1, 0.15) is 50.4 Å². The van der Waals surface area contributed by atoms with Crippen molar-refractivity contribution in [3.05, 3.63) is 35.1 Å². The van der Waals surface area contributed by atoms with Gasteiger partial charge in [-0.1, -0.05) is 26.7 Å². The zero-order chi connectivity index (χ0) is 15.3. The average Bonchev–Trinajstić information content (AvgIpc) is 2.34. The fourth-order valence-corrected chi connectivity index (χ4v) is 1.90. The minimum atomic E-state index is -1.56. The van der Waals surface area contributed by atoms with E-state index >= 15 is 0 Å². The molecular weight excluding hydrogens is 267 g/mol. The Balaban J connectivity index is 2.58. The van der Waals surface area contributed by atoms with E-state index in [1.165, 1.54) is 0 Å². The second-order valence-corrected chi connectivity index (χ2v) is 5.45. The fourth-order valence-electron chi connectivity index (χ4n) is 1.90. The molecule has 112 valence electrons. The fraction of sp³-hybridized carbons (Fsp3) is 0.533. The van der Waals surface area contributed by atoms with Crippen molar-refractivity contribution >= 4 is 5.91 Å². The topological polar surface area (TPSA) is 29.1 Å². The summed E-state index contributed by atoms with van der Waals surface area (Å²) in [7, 11) is 0. The van der Waals surface area contributed by atoms with E-state index < -0.39 is 23.4 Å². The van der Waals surface area contributed by atoms with Gasteiger partial charge < -0.3 is 5.32 Å². The predicted octanol–water partition coefficient (Wildman–Crippen LogP) is 4.05. The highest BCUT2D eigenvalue weighted by Gasteiger charge is 2.16. The highest BCUT2D eigenvalue weighted by Crippen LogP contribution is 2.14. The minimum Gasteiger partial charge on any atom is -0.350 e. The van der Waals surface area contributed by atoms with E-state index in [-0.39, 0.29) is 11.6 Å². The van der Waals surface area contributed by atoms with Gasteiger partial charge >= 0.3 is 0 Å². The van der Waals surface area contributed by atoms with E-state index in [0.717, 1.165) is 19.3 Å². The normalized spacial score (nSPS) is 12.6. The van der Waals surface area contributed by atoms with Crippen molar-refractivity contribution in [3.63, 3.8) is 0 Å². The third-order valence-electron chi connectivity index (χ3n) is 3.04. The van der Waals surface area contributed by atoms with Gasteiger partial charge in [-0.25, -0.2) is 13.2 Å². The molecule has 0 aromatic heterocycles. The standard InChI is InChI=1S/C15H20F3NO/c1-9(2)5-4-6-10(3)19-15(20)11-7-12(16)14(18)13(17)8-11/h7-10H,4-6H2,1-3H3,(H,19,20). The summed E-state index contributed by atoms with van der Waals surface area (Å²) in [5.74, 6) is -4.28. The van der Waals surface area contributed by atoms with Crippen LogP contribution in [0.3, 0.4) is 0 Å². The van der Waals surface area contributed by atoms with E-state index in [1.54, 1.807) is 0 Å². The number of carbonyl (C=O) groups excluding carboxylic acids is 1. The molecule has 0 fully saturated rings. The molecular formula is C15H20F3NO. The van der Waals surface area contributed by atoms with Crippen LogP contribution in [-0.4, -0.2) is 11.9 Å². The van der Waals surface area contributed by atoms with Gasteiger partial charge in [0.2, 0.25) is 0 Å². The summed E-state index contributed by atoms with van der Waals surface area (Å²) >= 11 is 0. The number of benzene rings is 1. The van der Waals surface area contributed by atoms with Gasteiger partial charge in [-0.2, -0.15) is 0 Å². The summed E-state index contributed by atoms with van der Waals surface area (Å²) in [6, 6.07) is 1.31. The maximum Gasteiger partial charge on any atom is 0.251 e. The van der Waals surface area contributed by atoms with Crippen LogP contribution in [-0.2, 0) is 0 Å². The van der Waals surface area contributed by atoms with Gasteiger partial charge in [-0.3, -0.25) is 4.79 Å². The molecule has 0 saturated heterocycles.